The smallest absolute Gasteiger partial charge is 0.335 e. The molecule has 0 amide bonds. The zero-order chi connectivity index (χ0) is 21.7. The van der Waals surface area contributed by atoms with Crippen molar-refractivity contribution < 1.29 is 9.90 Å². The van der Waals surface area contributed by atoms with Crippen molar-refractivity contribution in [1.29, 1.82) is 0 Å². The van der Waals surface area contributed by atoms with Crippen LogP contribution in [0.25, 0.3) is 22.4 Å². The second kappa shape index (κ2) is 9.40. The summed E-state index contributed by atoms with van der Waals surface area (Å²) >= 11 is 0. The molecule has 4 heteroatoms. The lowest BCUT2D eigenvalue weighted by atomic mass is 10.0. The number of benzene rings is 3. The Morgan fingerprint density at radius 1 is 1.00 bits per heavy atom. The lowest BCUT2D eigenvalue weighted by Crippen LogP contribution is -2.05. The average molecular weight is 401 g/mol. The van der Waals surface area contributed by atoms with Crippen LogP contribution in [0.5, 0.6) is 0 Å². The molecule has 1 aromatic heterocycles. The van der Waals surface area contributed by atoms with Crippen LogP contribution in [0.15, 0.2) is 66.7 Å². The molecule has 0 aliphatic rings. The highest BCUT2D eigenvalue weighted by atomic mass is 16.4. The third kappa shape index (κ3) is 4.28. The number of aromatic carboxylic acids is 1. The first-order valence-corrected chi connectivity index (χ1v) is 10.4. The molecule has 0 radical (unpaired) electrons. The highest BCUT2D eigenvalue weighted by Crippen LogP contribution is 2.27. The lowest BCUT2D eigenvalue weighted by molar-refractivity contribution is 0.0697. The number of imidazole rings is 1. The van der Waals surface area contributed by atoms with Crippen molar-refractivity contribution in [2.24, 2.45) is 0 Å². The van der Waals surface area contributed by atoms with E-state index in [9.17, 15) is 9.90 Å². The summed E-state index contributed by atoms with van der Waals surface area (Å²) in [5.74, 6) is -0.154. The van der Waals surface area contributed by atoms with Crippen molar-refractivity contribution in [3.8, 4) is 11.4 Å². The summed E-state index contributed by atoms with van der Waals surface area (Å²) in [5.41, 5.74) is 6.82. The monoisotopic (exact) mass is 400 g/mol. The second-order valence-corrected chi connectivity index (χ2v) is 7.01. The number of carboxylic acid groups (broad SMARTS) is 1. The summed E-state index contributed by atoms with van der Waals surface area (Å²) in [4.78, 5) is 16.2. The predicted octanol–water partition coefficient (Wildman–Crippen LogP) is 6.35. The van der Waals surface area contributed by atoms with Gasteiger partial charge in [-0.15, -0.1) is 0 Å². The summed E-state index contributed by atoms with van der Waals surface area (Å²) in [6.45, 7) is 8.98. The largest absolute Gasteiger partial charge is 0.478 e. The van der Waals surface area contributed by atoms with Crippen molar-refractivity contribution in [2.75, 3.05) is 0 Å². The first-order chi connectivity index (χ1) is 14.6. The summed E-state index contributed by atoms with van der Waals surface area (Å²) in [6, 6.07) is 21.6. The maximum absolute atomic E-state index is 11.4. The molecule has 0 aliphatic carbocycles. The number of aryl methyl sites for hydroxylation is 2. The summed E-state index contributed by atoms with van der Waals surface area (Å²) in [5, 5.41) is 9.36. The molecule has 0 aliphatic heterocycles. The van der Waals surface area contributed by atoms with Crippen molar-refractivity contribution in [3.05, 3.63) is 89.0 Å². The van der Waals surface area contributed by atoms with Gasteiger partial charge < -0.3 is 9.67 Å². The van der Waals surface area contributed by atoms with Gasteiger partial charge in [0.05, 0.1) is 16.6 Å². The number of fused-ring (bicyclic) bond motifs is 1. The number of nitrogens with zero attached hydrogens (tertiary/aromatic N) is 2. The SMILES string of the molecule is CC.CCc1ccc(Cn2c(-c3cccc(C(=O)O)c3)nc3ccccc32)c(C)c1. The highest BCUT2D eigenvalue weighted by molar-refractivity contribution is 5.89. The minimum Gasteiger partial charge on any atom is -0.478 e. The quantitative estimate of drug-likeness (QED) is 0.425. The Labute approximate surface area is 177 Å². The molecule has 0 saturated heterocycles. The lowest BCUT2D eigenvalue weighted by Gasteiger charge is -2.13. The molecule has 30 heavy (non-hydrogen) atoms. The fraction of sp³-hybridized carbons (Fsp3) is 0.231. The highest BCUT2D eigenvalue weighted by Gasteiger charge is 2.15. The number of rotatable bonds is 5. The molecule has 0 fully saturated rings. The summed E-state index contributed by atoms with van der Waals surface area (Å²) in [6.07, 6.45) is 1.02. The van der Waals surface area contributed by atoms with E-state index < -0.39 is 5.97 Å². The van der Waals surface area contributed by atoms with Crippen LogP contribution in [0.2, 0.25) is 0 Å². The number of hydrogen-bond donors (Lipinski definition) is 1. The van der Waals surface area contributed by atoms with Crippen LogP contribution in [0.4, 0.5) is 0 Å². The van der Waals surface area contributed by atoms with E-state index in [1.54, 1.807) is 18.2 Å². The maximum atomic E-state index is 11.4. The van der Waals surface area contributed by atoms with Crippen LogP contribution in [0.3, 0.4) is 0 Å². The first kappa shape index (κ1) is 21.3. The molecule has 0 atom stereocenters. The van der Waals surface area contributed by atoms with Crippen LogP contribution in [-0.4, -0.2) is 20.6 Å². The topological polar surface area (TPSA) is 55.1 Å². The van der Waals surface area contributed by atoms with Gasteiger partial charge in [-0.1, -0.05) is 63.2 Å². The predicted molar refractivity (Wildman–Crippen MR) is 123 cm³/mol. The molecule has 0 spiro atoms. The van der Waals surface area contributed by atoms with Crippen molar-refractivity contribution in [1.82, 2.24) is 9.55 Å². The minimum absolute atomic E-state index is 0.264. The van der Waals surface area contributed by atoms with Gasteiger partial charge in [0.15, 0.2) is 0 Å². The second-order valence-electron chi connectivity index (χ2n) is 7.01. The van der Waals surface area contributed by atoms with Gasteiger partial charge in [-0.25, -0.2) is 9.78 Å². The van der Waals surface area contributed by atoms with E-state index in [4.69, 9.17) is 4.98 Å². The first-order valence-electron chi connectivity index (χ1n) is 10.4. The van der Waals surface area contributed by atoms with E-state index in [-0.39, 0.29) is 5.56 Å². The molecule has 0 saturated carbocycles. The number of carbonyl (C=O) groups is 1. The van der Waals surface area contributed by atoms with Gasteiger partial charge in [0.1, 0.15) is 5.82 Å². The van der Waals surface area contributed by atoms with Gasteiger partial charge in [0.25, 0.3) is 0 Å². The van der Waals surface area contributed by atoms with E-state index in [1.165, 1.54) is 16.7 Å². The molecular weight excluding hydrogens is 372 g/mol. The third-order valence-electron chi connectivity index (χ3n) is 5.17. The minimum atomic E-state index is -0.935. The average Bonchev–Trinajstić information content (AvgIpc) is 3.15. The molecule has 0 bridgehead atoms. The van der Waals surface area contributed by atoms with Crippen LogP contribution in [0, 0.1) is 6.92 Å². The van der Waals surface area contributed by atoms with E-state index >= 15 is 0 Å². The number of aromatic nitrogens is 2. The molecule has 1 heterocycles. The molecule has 4 rings (SSSR count). The van der Waals surface area contributed by atoms with Crippen LogP contribution in [-0.2, 0) is 13.0 Å². The van der Waals surface area contributed by atoms with E-state index in [0.29, 0.717) is 6.54 Å². The Hall–Kier alpha value is -3.40. The fourth-order valence-electron chi connectivity index (χ4n) is 3.57. The third-order valence-corrected chi connectivity index (χ3v) is 5.17. The standard InChI is InChI=1S/C24H22N2O2.C2H6/c1-3-17-11-12-20(16(2)13-17)15-26-22-10-5-4-9-21(22)25-23(26)18-7-6-8-19(14-18)24(27)28;1-2/h4-14H,3,15H2,1-2H3,(H,27,28);1-2H3. The zero-order valence-electron chi connectivity index (χ0n) is 18.0. The van der Waals surface area contributed by atoms with Crippen LogP contribution in [0.1, 0.15) is 47.8 Å². The van der Waals surface area contributed by atoms with Crippen molar-refractivity contribution in [3.63, 3.8) is 0 Å². The van der Waals surface area contributed by atoms with Gasteiger partial charge in [0.2, 0.25) is 0 Å². The molecule has 3 aromatic carbocycles. The van der Waals surface area contributed by atoms with Crippen LogP contribution < -0.4 is 0 Å². The van der Waals surface area contributed by atoms with Crippen molar-refractivity contribution >= 4 is 17.0 Å². The van der Waals surface area contributed by atoms with Crippen LogP contribution >= 0.6 is 0 Å². The maximum Gasteiger partial charge on any atom is 0.335 e. The summed E-state index contributed by atoms with van der Waals surface area (Å²) in [7, 11) is 0. The molecule has 4 nitrogen and oxygen atoms in total. The molecular formula is C26H28N2O2. The van der Waals surface area contributed by atoms with Gasteiger partial charge in [-0.05, 0) is 54.3 Å². The van der Waals surface area contributed by atoms with E-state index in [0.717, 1.165) is 28.8 Å². The molecule has 4 aromatic rings. The van der Waals surface area contributed by atoms with Gasteiger partial charge in [-0.3, -0.25) is 0 Å². The Balaban J connectivity index is 0.00000124. The van der Waals surface area contributed by atoms with E-state index in [1.807, 2.05) is 38.1 Å². The normalized spacial score (nSPS) is 10.5. The zero-order valence-corrected chi connectivity index (χ0v) is 18.0. The molecule has 0 unspecified atom stereocenters. The Morgan fingerprint density at radius 3 is 2.47 bits per heavy atom. The number of hydrogen-bond acceptors (Lipinski definition) is 2. The van der Waals surface area contributed by atoms with Gasteiger partial charge >= 0.3 is 5.97 Å². The fourth-order valence-corrected chi connectivity index (χ4v) is 3.57. The van der Waals surface area contributed by atoms with E-state index in [2.05, 4.69) is 42.7 Å². The molecule has 154 valence electrons. The van der Waals surface area contributed by atoms with Gasteiger partial charge in [-0.2, -0.15) is 0 Å². The Bertz CT molecular complexity index is 1170. The number of para-hydroxylation sites is 2. The molecule has 1 N–H and O–H groups in total. The Morgan fingerprint density at radius 2 is 1.77 bits per heavy atom. The number of carboxylic acids is 1. The van der Waals surface area contributed by atoms with Gasteiger partial charge in [0, 0.05) is 12.1 Å². The summed E-state index contributed by atoms with van der Waals surface area (Å²) < 4.78 is 2.17. The van der Waals surface area contributed by atoms with Crippen molar-refractivity contribution in [2.45, 2.75) is 40.7 Å². The Kier molecular flexibility index (Phi) is 6.68.